The molecule has 2 unspecified atom stereocenters. The number of nitrogens with zero attached hydrogens (tertiary/aromatic N) is 3. The number of alkyl halides is 3. The van der Waals surface area contributed by atoms with Gasteiger partial charge in [0, 0.05) is 32.7 Å². The Morgan fingerprint density at radius 1 is 1.32 bits per heavy atom. The van der Waals surface area contributed by atoms with Crippen molar-refractivity contribution in [3.05, 3.63) is 29.8 Å². The number of benzene rings is 1. The molecule has 0 saturated carbocycles. The normalized spacial score (nSPS) is 19.7. The Hall–Kier alpha value is -2.00. The van der Waals surface area contributed by atoms with E-state index in [0.29, 0.717) is 32.0 Å². The summed E-state index contributed by atoms with van der Waals surface area (Å²) in [5.41, 5.74) is 1.13. The molecule has 0 aromatic heterocycles. The van der Waals surface area contributed by atoms with E-state index in [2.05, 4.69) is 20.5 Å². The zero-order valence-corrected chi connectivity index (χ0v) is 16.9. The van der Waals surface area contributed by atoms with Gasteiger partial charge in [-0.25, -0.2) is 0 Å². The molecule has 9 heteroatoms. The third-order valence-corrected chi connectivity index (χ3v) is 4.83. The van der Waals surface area contributed by atoms with Crippen molar-refractivity contribution in [3.8, 4) is 5.75 Å². The van der Waals surface area contributed by atoms with Gasteiger partial charge >= 0.3 is 6.18 Å². The minimum atomic E-state index is -4.16. The number of guanidine groups is 1. The summed E-state index contributed by atoms with van der Waals surface area (Å²) in [5.74, 6) is 1.40. The van der Waals surface area contributed by atoms with Crippen LogP contribution in [-0.4, -0.2) is 82.4 Å². The second-order valence-electron chi connectivity index (χ2n) is 7.19. The highest BCUT2D eigenvalue weighted by molar-refractivity contribution is 5.80. The van der Waals surface area contributed by atoms with Gasteiger partial charge in [-0.2, -0.15) is 13.2 Å². The van der Waals surface area contributed by atoms with Crippen LogP contribution in [0.15, 0.2) is 29.3 Å². The quantitative estimate of drug-likeness (QED) is 0.541. The molecule has 1 fully saturated rings. The van der Waals surface area contributed by atoms with Crippen molar-refractivity contribution in [2.75, 3.05) is 54.4 Å². The van der Waals surface area contributed by atoms with Crippen molar-refractivity contribution in [2.24, 2.45) is 4.99 Å². The molecule has 28 heavy (non-hydrogen) atoms. The van der Waals surface area contributed by atoms with Crippen LogP contribution in [0.4, 0.5) is 13.2 Å². The van der Waals surface area contributed by atoms with Gasteiger partial charge in [-0.15, -0.1) is 0 Å². The lowest BCUT2D eigenvalue weighted by Gasteiger charge is -2.27. The smallest absolute Gasteiger partial charge is 0.401 e. The number of ether oxygens (including phenoxy) is 1. The first-order chi connectivity index (χ1) is 13.2. The molecule has 0 aliphatic carbocycles. The Morgan fingerprint density at radius 3 is 2.54 bits per heavy atom. The third-order valence-electron chi connectivity index (χ3n) is 4.83. The van der Waals surface area contributed by atoms with E-state index in [1.165, 1.54) is 4.90 Å². The van der Waals surface area contributed by atoms with Gasteiger partial charge in [-0.3, -0.25) is 9.89 Å². The third kappa shape index (κ3) is 6.87. The van der Waals surface area contributed by atoms with Crippen LogP contribution >= 0.6 is 0 Å². The van der Waals surface area contributed by atoms with Gasteiger partial charge in [0.25, 0.3) is 0 Å². The van der Waals surface area contributed by atoms with Gasteiger partial charge in [-0.1, -0.05) is 12.1 Å². The lowest BCUT2D eigenvalue weighted by molar-refractivity contribution is -0.143. The van der Waals surface area contributed by atoms with Gasteiger partial charge in [0.2, 0.25) is 0 Å². The highest BCUT2D eigenvalue weighted by atomic mass is 19.4. The number of nitrogens with one attached hydrogen (secondary N) is 2. The molecule has 1 heterocycles. The summed E-state index contributed by atoms with van der Waals surface area (Å²) in [5, 5.41) is 6.53. The second kappa shape index (κ2) is 9.97. The summed E-state index contributed by atoms with van der Waals surface area (Å²) in [7, 11) is 7.29. The highest BCUT2D eigenvalue weighted by Gasteiger charge is 2.34. The number of rotatable bonds is 7. The monoisotopic (exact) mass is 401 g/mol. The first-order valence-corrected chi connectivity index (χ1v) is 9.28. The van der Waals surface area contributed by atoms with Gasteiger partial charge in [0.05, 0.1) is 19.7 Å². The Bertz CT molecular complexity index is 633. The van der Waals surface area contributed by atoms with Gasteiger partial charge in [0.1, 0.15) is 5.75 Å². The maximum absolute atomic E-state index is 12.5. The van der Waals surface area contributed by atoms with Crippen LogP contribution in [0.1, 0.15) is 18.0 Å². The largest absolute Gasteiger partial charge is 0.497 e. The first kappa shape index (κ1) is 22.3. The van der Waals surface area contributed by atoms with Gasteiger partial charge < -0.3 is 20.3 Å². The van der Waals surface area contributed by atoms with E-state index in [1.807, 2.05) is 38.4 Å². The lowest BCUT2D eigenvalue weighted by Crippen LogP contribution is -2.47. The van der Waals surface area contributed by atoms with Crippen LogP contribution < -0.4 is 15.4 Å². The van der Waals surface area contributed by atoms with Crippen LogP contribution in [0, 0.1) is 0 Å². The van der Waals surface area contributed by atoms with Crippen molar-refractivity contribution in [1.29, 1.82) is 0 Å². The average Bonchev–Trinajstić information content (AvgIpc) is 3.06. The Kier molecular flexibility index (Phi) is 7.94. The molecule has 1 aliphatic heterocycles. The minimum Gasteiger partial charge on any atom is -0.497 e. The van der Waals surface area contributed by atoms with Gasteiger partial charge in [0.15, 0.2) is 5.96 Å². The molecule has 0 bridgehead atoms. The fraction of sp³-hybridized carbons (Fsp3) is 0.632. The maximum Gasteiger partial charge on any atom is 0.401 e. The molecule has 158 valence electrons. The maximum atomic E-state index is 12.5. The molecule has 2 N–H and O–H groups in total. The van der Waals surface area contributed by atoms with Crippen LogP contribution in [0.2, 0.25) is 0 Å². The second-order valence-corrected chi connectivity index (χ2v) is 7.19. The van der Waals surface area contributed by atoms with Crippen molar-refractivity contribution < 1.29 is 17.9 Å². The number of methoxy groups -OCH3 is 1. The number of likely N-dealkylation sites (tertiary alicyclic amines) is 1. The van der Waals surface area contributed by atoms with Crippen LogP contribution in [0.5, 0.6) is 5.75 Å². The highest BCUT2D eigenvalue weighted by Crippen LogP contribution is 2.21. The van der Waals surface area contributed by atoms with Crippen molar-refractivity contribution in [2.45, 2.75) is 24.7 Å². The fourth-order valence-electron chi connectivity index (χ4n) is 3.35. The van der Waals surface area contributed by atoms with Crippen LogP contribution in [0.25, 0.3) is 0 Å². The lowest BCUT2D eigenvalue weighted by atomic mass is 10.1. The predicted octanol–water partition coefficient (Wildman–Crippen LogP) is 2.10. The van der Waals surface area contributed by atoms with Crippen LogP contribution in [-0.2, 0) is 0 Å². The number of aliphatic imine (C=N–C) groups is 1. The zero-order chi connectivity index (χ0) is 20.7. The fourth-order valence-corrected chi connectivity index (χ4v) is 3.35. The van der Waals surface area contributed by atoms with Crippen LogP contribution in [0.3, 0.4) is 0 Å². The molecule has 1 saturated heterocycles. The van der Waals surface area contributed by atoms with Gasteiger partial charge in [-0.05, 0) is 38.2 Å². The zero-order valence-electron chi connectivity index (χ0n) is 16.9. The molecule has 0 amide bonds. The summed E-state index contributed by atoms with van der Waals surface area (Å²) in [6.07, 6.45) is -3.50. The molecule has 1 aliphatic rings. The summed E-state index contributed by atoms with van der Waals surface area (Å²) in [4.78, 5) is 7.74. The molecular weight excluding hydrogens is 371 g/mol. The van der Waals surface area contributed by atoms with E-state index < -0.39 is 12.7 Å². The number of likely N-dealkylation sites (N-methyl/N-ethyl adjacent to an activating group) is 1. The minimum absolute atomic E-state index is 0.0488. The summed E-state index contributed by atoms with van der Waals surface area (Å²) in [6, 6.07) is 7.95. The van der Waals surface area contributed by atoms with Crippen molar-refractivity contribution in [3.63, 3.8) is 0 Å². The van der Waals surface area contributed by atoms with E-state index >= 15 is 0 Å². The average molecular weight is 401 g/mol. The standard InChI is InChI=1S/C19H30F3N5O/c1-23-18(25-15-9-10-27(12-15)13-19(20,21)22)24-11-17(26(2)3)14-5-7-16(28-4)8-6-14/h5-8,15,17H,9-13H2,1-4H3,(H2,23,24,25). The molecule has 0 radical (unpaired) electrons. The molecule has 2 atom stereocenters. The molecule has 1 aromatic rings. The molecule has 1 aromatic carbocycles. The Morgan fingerprint density at radius 2 is 2.00 bits per heavy atom. The summed E-state index contributed by atoms with van der Waals surface area (Å²) < 4.78 is 42.8. The SMILES string of the molecule is CN=C(NCC(c1ccc(OC)cc1)N(C)C)NC1CCN(CC(F)(F)F)C1. The first-order valence-electron chi connectivity index (χ1n) is 9.28. The number of halogens is 3. The van der Waals surface area contributed by atoms with E-state index in [9.17, 15) is 13.2 Å². The summed E-state index contributed by atoms with van der Waals surface area (Å²) in [6.45, 7) is 0.533. The van der Waals surface area contributed by atoms with E-state index in [4.69, 9.17) is 4.74 Å². The van der Waals surface area contributed by atoms with E-state index in [-0.39, 0.29) is 12.1 Å². The van der Waals surface area contributed by atoms with Crippen molar-refractivity contribution >= 4 is 5.96 Å². The molecule has 0 spiro atoms. The number of hydrogen-bond donors (Lipinski definition) is 2. The molecule has 2 rings (SSSR count). The topological polar surface area (TPSA) is 52.1 Å². The Labute approximate surface area is 164 Å². The molecule has 6 nitrogen and oxygen atoms in total. The summed E-state index contributed by atoms with van der Waals surface area (Å²) >= 11 is 0. The predicted molar refractivity (Wildman–Crippen MR) is 105 cm³/mol. The van der Waals surface area contributed by atoms with E-state index in [0.717, 1.165) is 11.3 Å². The number of hydrogen-bond acceptors (Lipinski definition) is 4. The van der Waals surface area contributed by atoms with Crippen molar-refractivity contribution in [1.82, 2.24) is 20.4 Å². The molecular formula is C19H30F3N5O. The Balaban J connectivity index is 1.89. The van der Waals surface area contributed by atoms with E-state index in [1.54, 1.807) is 14.2 Å².